The van der Waals surface area contributed by atoms with Crippen molar-refractivity contribution in [3.05, 3.63) is 48.0 Å². The normalized spacial score (nSPS) is 18.1. The highest BCUT2D eigenvalue weighted by Gasteiger charge is 2.22. The van der Waals surface area contributed by atoms with E-state index in [9.17, 15) is 4.79 Å². The second kappa shape index (κ2) is 6.98. The Hall–Kier alpha value is -2.80. The minimum Gasteiger partial charge on any atom is -0.383 e. The zero-order valence-corrected chi connectivity index (χ0v) is 14.0. The van der Waals surface area contributed by atoms with Crippen LogP contribution in [0, 0.1) is 0 Å². The lowest BCUT2D eigenvalue weighted by molar-refractivity contribution is 0.137. The third kappa shape index (κ3) is 3.51. The molecule has 0 spiro atoms. The predicted octanol–water partition coefficient (Wildman–Crippen LogP) is 1.47. The van der Waals surface area contributed by atoms with Gasteiger partial charge in [0.05, 0.1) is 0 Å². The molecule has 0 saturated carbocycles. The number of carbonyl (C=O) groups excluding carboxylic acids is 1. The van der Waals surface area contributed by atoms with Crippen LogP contribution in [-0.2, 0) is 6.54 Å². The number of hydrogen-bond donors (Lipinski definition) is 3. The minimum absolute atomic E-state index is 0.0844. The smallest absolute Gasteiger partial charge is 0.323 e. The molecule has 7 nitrogen and oxygen atoms in total. The maximum absolute atomic E-state index is 12.3. The Labute approximate surface area is 146 Å². The first-order valence-electron chi connectivity index (χ1n) is 8.59. The van der Waals surface area contributed by atoms with Crippen molar-refractivity contribution in [3.63, 3.8) is 0 Å². The zero-order valence-electron chi connectivity index (χ0n) is 14.0. The number of aromatic nitrogens is 1. The summed E-state index contributed by atoms with van der Waals surface area (Å²) in [6.07, 6.45) is 5.56. The maximum Gasteiger partial charge on any atom is 0.323 e. The number of nitrogens with one attached hydrogen (secondary N) is 3. The number of urea groups is 1. The molecule has 2 aliphatic rings. The number of H-pyrrole nitrogens is 1. The van der Waals surface area contributed by atoms with Crippen LogP contribution in [0.3, 0.4) is 0 Å². The molecule has 3 heterocycles. The number of aromatic amines is 1. The Kier molecular flexibility index (Phi) is 4.39. The molecular weight excluding hydrogens is 316 g/mol. The fraction of sp³-hybridized carbons (Fsp3) is 0.333. The molecule has 0 bridgehead atoms. The molecule has 0 radical (unpaired) electrons. The third-order valence-electron chi connectivity index (χ3n) is 4.64. The molecule has 7 heteroatoms. The fourth-order valence-corrected chi connectivity index (χ4v) is 3.26. The van der Waals surface area contributed by atoms with E-state index in [2.05, 4.69) is 49.9 Å². The molecule has 1 fully saturated rings. The molecule has 3 N–H and O–H groups in total. The number of nitrogens with zero attached hydrogens (tertiary/aromatic N) is 3. The van der Waals surface area contributed by atoms with Crippen molar-refractivity contribution >= 4 is 23.1 Å². The Morgan fingerprint density at radius 3 is 2.84 bits per heavy atom. The van der Waals surface area contributed by atoms with Gasteiger partial charge in [0.1, 0.15) is 5.82 Å². The third-order valence-corrected chi connectivity index (χ3v) is 4.64. The van der Waals surface area contributed by atoms with E-state index in [1.165, 1.54) is 16.5 Å². The molecule has 130 valence electrons. The van der Waals surface area contributed by atoms with E-state index in [-0.39, 0.29) is 6.03 Å². The van der Waals surface area contributed by atoms with E-state index >= 15 is 0 Å². The second-order valence-electron chi connectivity index (χ2n) is 6.30. The molecule has 2 amide bonds. The number of aliphatic imine (C=N–C) groups is 1. The lowest BCUT2D eigenvalue weighted by atomic mass is 10.1. The van der Waals surface area contributed by atoms with Crippen molar-refractivity contribution in [2.45, 2.75) is 6.54 Å². The summed E-state index contributed by atoms with van der Waals surface area (Å²) in [4.78, 5) is 24.0. The summed E-state index contributed by atoms with van der Waals surface area (Å²) >= 11 is 0. The van der Waals surface area contributed by atoms with E-state index < -0.39 is 0 Å². The number of amides is 2. The highest BCUT2D eigenvalue weighted by Crippen LogP contribution is 2.20. The summed E-state index contributed by atoms with van der Waals surface area (Å²) in [5.74, 6) is 0.567. The van der Waals surface area contributed by atoms with Crippen molar-refractivity contribution in [3.8, 4) is 0 Å². The van der Waals surface area contributed by atoms with E-state index in [0.717, 1.165) is 32.7 Å². The Morgan fingerprint density at radius 1 is 1.20 bits per heavy atom. The average Bonchev–Trinajstić information content (AvgIpc) is 3.06. The van der Waals surface area contributed by atoms with Crippen LogP contribution in [0.2, 0.25) is 0 Å². The Bertz CT molecular complexity index is 816. The van der Waals surface area contributed by atoms with E-state index in [4.69, 9.17) is 0 Å². The number of fused-ring (bicyclic) bond motifs is 1. The summed E-state index contributed by atoms with van der Waals surface area (Å²) in [5, 5.41) is 7.15. The monoisotopic (exact) mass is 338 g/mol. The van der Waals surface area contributed by atoms with Gasteiger partial charge in [-0.05, 0) is 11.6 Å². The highest BCUT2D eigenvalue weighted by molar-refractivity contribution is 5.83. The van der Waals surface area contributed by atoms with Crippen LogP contribution in [0.25, 0.3) is 10.9 Å². The van der Waals surface area contributed by atoms with Crippen LogP contribution >= 0.6 is 0 Å². The molecule has 2 aromatic rings. The lowest BCUT2D eigenvalue weighted by Gasteiger charge is -2.34. The van der Waals surface area contributed by atoms with Gasteiger partial charge in [0.25, 0.3) is 0 Å². The zero-order chi connectivity index (χ0) is 17.1. The van der Waals surface area contributed by atoms with Crippen LogP contribution in [0.4, 0.5) is 4.79 Å². The van der Waals surface area contributed by atoms with Gasteiger partial charge in [-0.25, -0.2) is 9.79 Å². The first-order valence-corrected chi connectivity index (χ1v) is 8.59. The molecule has 0 atom stereocenters. The summed E-state index contributed by atoms with van der Waals surface area (Å²) in [6, 6.07) is 8.27. The summed E-state index contributed by atoms with van der Waals surface area (Å²) < 4.78 is 0. The van der Waals surface area contributed by atoms with Gasteiger partial charge in [-0.15, -0.1) is 0 Å². The molecule has 1 aromatic carbocycles. The Balaban J connectivity index is 1.31. The van der Waals surface area contributed by atoms with Crippen LogP contribution in [0.15, 0.2) is 47.5 Å². The lowest BCUT2D eigenvalue weighted by Crippen LogP contribution is -2.51. The average molecular weight is 338 g/mol. The minimum atomic E-state index is -0.0844. The van der Waals surface area contributed by atoms with Crippen molar-refractivity contribution in [1.29, 1.82) is 0 Å². The van der Waals surface area contributed by atoms with Crippen LogP contribution in [0.1, 0.15) is 5.56 Å². The number of hydrogen-bond acceptors (Lipinski definition) is 4. The quantitative estimate of drug-likeness (QED) is 0.793. The summed E-state index contributed by atoms with van der Waals surface area (Å²) in [7, 11) is 0. The van der Waals surface area contributed by atoms with Gasteiger partial charge >= 0.3 is 6.03 Å². The van der Waals surface area contributed by atoms with E-state index in [0.29, 0.717) is 12.4 Å². The molecular formula is C18H22N6O. The molecule has 25 heavy (non-hydrogen) atoms. The number of rotatable bonds is 3. The van der Waals surface area contributed by atoms with Gasteiger partial charge in [-0.1, -0.05) is 18.2 Å². The van der Waals surface area contributed by atoms with Crippen molar-refractivity contribution < 1.29 is 4.79 Å². The van der Waals surface area contributed by atoms with E-state index in [1.54, 1.807) is 12.4 Å². The van der Waals surface area contributed by atoms with Crippen molar-refractivity contribution in [1.82, 2.24) is 25.4 Å². The van der Waals surface area contributed by atoms with Crippen molar-refractivity contribution in [2.24, 2.45) is 4.99 Å². The molecule has 1 aromatic heterocycles. The van der Waals surface area contributed by atoms with Gasteiger partial charge in [-0.2, -0.15) is 0 Å². The standard InChI is InChI=1S/C18H22N6O/c25-18(22-17-12-19-5-6-20-17)24-9-7-23(8-10-24)13-14-11-21-16-4-2-1-3-15(14)16/h1-4,6,11-12,19,21H,5,7-10,13H2,(H,22,25). The summed E-state index contributed by atoms with van der Waals surface area (Å²) in [6.45, 7) is 4.78. The van der Waals surface area contributed by atoms with Gasteiger partial charge in [0.2, 0.25) is 0 Å². The fourth-order valence-electron chi connectivity index (χ4n) is 3.26. The van der Waals surface area contributed by atoms with E-state index in [1.807, 2.05) is 11.0 Å². The van der Waals surface area contributed by atoms with Gasteiger partial charge in [-0.3, -0.25) is 10.2 Å². The topological polar surface area (TPSA) is 75.8 Å². The SMILES string of the molecule is O=C(NC1=CNCC=N1)N1CCN(Cc2c[nH]c3ccccc23)CC1. The number of piperazine rings is 1. The molecule has 4 rings (SSSR count). The second-order valence-corrected chi connectivity index (χ2v) is 6.30. The highest BCUT2D eigenvalue weighted by atomic mass is 16.2. The molecule has 0 aliphatic carbocycles. The van der Waals surface area contributed by atoms with Crippen LogP contribution < -0.4 is 10.6 Å². The van der Waals surface area contributed by atoms with Gasteiger partial charge in [0.15, 0.2) is 0 Å². The number of carbonyl (C=O) groups is 1. The molecule has 1 saturated heterocycles. The van der Waals surface area contributed by atoms with Gasteiger partial charge < -0.3 is 15.2 Å². The molecule has 0 unspecified atom stereocenters. The largest absolute Gasteiger partial charge is 0.383 e. The van der Waals surface area contributed by atoms with Crippen molar-refractivity contribution in [2.75, 3.05) is 32.7 Å². The predicted molar refractivity (Wildman–Crippen MR) is 98.3 cm³/mol. The first kappa shape index (κ1) is 15.7. The van der Waals surface area contributed by atoms with Gasteiger partial charge in [0, 0.05) is 68.8 Å². The maximum atomic E-state index is 12.3. The van der Waals surface area contributed by atoms with Crippen LogP contribution in [-0.4, -0.2) is 59.8 Å². The summed E-state index contributed by atoms with van der Waals surface area (Å²) in [5.41, 5.74) is 2.48. The Morgan fingerprint density at radius 2 is 2.04 bits per heavy atom. The van der Waals surface area contributed by atoms with Crippen LogP contribution in [0.5, 0.6) is 0 Å². The number of para-hydroxylation sites is 1. The number of benzene rings is 1. The first-order chi connectivity index (χ1) is 12.3. The molecule has 2 aliphatic heterocycles.